The average molecular weight is 1160 g/mol. The first-order valence-electron chi connectivity index (χ1n) is 24.3. The van der Waals surface area contributed by atoms with Gasteiger partial charge in [-0.2, -0.15) is 0 Å². The highest BCUT2D eigenvalue weighted by Gasteiger charge is 2.56. The Kier molecular flexibility index (Phi) is 23.4. The van der Waals surface area contributed by atoms with Crippen molar-refractivity contribution in [1.82, 2.24) is 4.90 Å². The van der Waals surface area contributed by atoms with Crippen molar-refractivity contribution in [2.75, 3.05) is 105 Å². The highest BCUT2D eigenvalue weighted by atomic mass is 16.7. The Morgan fingerprint density at radius 1 is 0.488 bits per heavy atom. The number of fused-ring (bicyclic) bond motifs is 6. The summed E-state index contributed by atoms with van der Waals surface area (Å²) in [6, 6.07) is 8.72. The van der Waals surface area contributed by atoms with Crippen LogP contribution in [0.5, 0.6) is 34.5 Å². The molecule has 1 unspecified atom stereocenters. The van der Waals surface area contributed by atoms with Gasteiger partial charge in [-0.1, -0.05) is 6.07 Å². The number of nitrogens with zero attached hydrogens (tertiary/aromatic N) is 2. The van der Waals surface area contributed by atoms with Crippen molar-refractivity contribution in [3.05, 3.63) is 64.2 Å². The van der Waals surface area contributed by atoms with Crippen molar-refractivity contribution in [1.29, 1.82) is 0 Å². The summed E-state index contributed by atoms with van der Waals surface area (Å²) in [5.74, 6) is -9.30. The Hall–Kier alpha value is -9.45. The van der Waals surface area contributed by atoms with E-state index in [4.69, 9.17) is 71.1 Å². The topological polar surface area (TPSA) is 351 Å². The molecule has 1 atom stereocenters. The summed E-state index contributed by atoms with van der Waals surface area (Å²) >= 11 is 0. The number of carbonyl (C=O) groups excluding carboxylic acids is 11. The Labute approximate surface area is 466 Å². The Morgan fingerprint density at radius 3 is 1.43 bits per heavy atom. The number of ether oxygens (including phenoxy) is 17. The van der Waals surface area contributed by atoms with E-state index < -0.39 is 145 Å². The molecule has 3 aromatic rings. The molecule has 3 aromatic carbocycles. The number of methoxy groups -OCH3 is 1. The molecule has 2 aliphatic rings. The number of rotatable bonds is 31. The van der Waals surface area contributed by atoms with Crippen LogP contribution < -0.4 is 28.6 Å². The maximum atomic E-state index is 15.0. The van der Waals surface area contributed by atoms with Crippen molar-refractivity contribution in [3.63, 3.8) is 0 Å². The molecule has 2 aliphatic heterocycles. The summed E-state index contributed by atoms with van der Waals surface area (Å²) in [6.07, 6.45) is 0. The van der Waals surface area contributed by atoms with Crippen molar-refractivity contribution < 1.29 is 133 Å². The Balaban J connectivity index is 1.62. The smallest absolute Gasteiger partial charge is 0.344 e. The summed E-state index contributed by atoms with van der Waals surface area (Å²) in [7, 11) is 1.32. The summed E-state index contributed by atoms with van der Waals surface area (Å²) in [5, 5.41) is 0. The molecule has 0 aliphatic carbocycles. The van der Waals surface area contributed by atoms with E-state index >= 15 is 0 Å². The lowest BCUT2D eigenvalue weighted by Crippen LogP contribution is -2.39. The van der Waals surface area contributed by atoms with Crippen LogP contribution in [0, 0.1) is 6.92 Å². The fourth-order valence-corrected chi connectivity index (χ4v) is 7.59. The molecular formula is C52H58N2O28. The fourth-order valence-electron chi connectivity index (χ4n) is 7.59. The van der Waals surface area contributed by atoms with Crippen LogP contribution in [0.3, 0.4) is 0 Å². The van der Waals surface area contributed by atoms with Crippen LogP contribution in [0.2, 0.25) is 0 Å². The van der Waals surface area contributed by atoms with Crippen molar-refractivity contribution in [3.8, 4) is 34.5 Å². The van der Waals surface area contributed by atoms with E-state index in [-0.39, 0.29) is 82.2 Å². The molecule has 0 saturated carbocycles. The van der Waals surface area contributed by atoms with Crippen LogP contribution in [-0.2, 0) is 110 Å². The van der Waals surface area contributed by atoms with Gasteiger partial charge in [0.15, 0.2) is 22.8 Å². The maximum Gasteiger partial charge on any atom is 0.344 e. The maximum absolute atomic E-state index is 15.0. The molecule has 82 heavy (non-hydrogen) atoms. The SMILES string of the molecule is COc1cc2c(cc1OCOC(C)=O)Oc1cc(OCOC(C)=O)c(C)cc1C21OC(=O)c2c1ccc(N(CC(=O)OCOC(C)=O)CC(=O)OCOC(C)=O)c2OCCOCCN(CC(=O)OCOC(C)=O)CC(=O)OCOC(C)=O. The zero-order valence-electron chi connectivity index (χ0n) is 45.7. The normalized spacial score (nSPS) is 13.3. The quantitative estimate of drug-likeness (QED) is 0.0385. The minimum Gasteiger partial charge on any atom is -0.493 e. The van der Waals surface area contributed by atoms with Gasteiger partial charge in [-0.25, -0.2) is 4.79 Å². The monoisotopic (exact) mass is 1160 g/mol. The second-order valence-electron chi connectivity index (χ2n) is 17.0. The van der Waals surface area contributed by atoms with Crippen molar-refractivity contribution >= 4 is 71.3 Å². The van der Waals surface area contributed by atoms with E-state index in [1.54, 1.807) is 13.0 Å². The van der Waals surface area contributed by atoms with Gasteiger partial charge in [0.2, 0.25) is 40.8 Å². The summed E-state index contributed by atoms with van der Waals surface area (Å²) in [5.41, 5.74) is -1.54. The number of carbonyl (C=O) groups is 11. The van der Waals surface area contributed by atoms with Gasteiger partial charge in [-0.3, -0.25) is 52.8 Å². The minimum absolute atomic E-state index is 0.0125. The third-order valence-corrected chi connectivity index (χ3v) is 11.1. The van der Waals surface area contributed by atoms with Gasteiger partial charge in [0.1, 0.15) is 42.5 Å². The number of esters is 11. The van der Waals surface area contributed by atoms with Crippen LogP contribution in [0.4, 0.5) is 5.69 Å². The van der Waals surface area contributed by atoms with E-state index in [1.165, 1.54) is 56.2 Å². The first-order chi connectivity index (χ1) is 39.0. The molecule has 30 heteroatoms. The number of benzene rings is 3. The number of hydrogen-bond acceptors (Lipinski definition) is 30. The summed E-state index contributed by atoms with van der Waals surface area (Å²) < 4.78 is 91.3. The lowest BCUT2D eigenvalue weighted by Gasteiger charge is -2.37. The van der Waals surface area contributed by atoms with Gasteiger partial charge in [0.05, 0.1) is 44.7 Å². The number of anilines is 1. The summed E-state index contributed by atoms with van der Waals surface area (Å²) in [4.78, 5) is 138. The van der Waals surface area contributed by atoms with Crippen LogP contribution in [0.25, 0.3) is 0 Å². The standard InChI is InChI=1S/C52H58N2O28/c1-29-15-37-41(17-40(29)75-23-69-30(2)55)81-42-18-44(76-24-70-31(3)56)43(66-8)16-38(42)52(37)36-9-10-39(54(21-47(63)79-27-73-34(6)59)22-48(64)80-28-74-35(7)60)50(49(36)51(65)82-52)68-14-13-67-12-11-53(19-45(61)77-25-71-32(4)57)20-46(62)78-26-72-33(5)58/h9-10,15-18H,11-14,19-28H2,1-8H3. The molecule has 444 valence electrons. The summed E-state index contributed by atoms with van der Waals surface area (Å²) in [6.45, 7) is 0.476. The molecule has 5 rings (SSSR count). The zero-order valence-corrected chi connectivity index (χ0v) is 45.7. The molecule has 0 N–H and O–H groups in total. The van der Waals surface area contributed by atoms with Gasteiger partial charge in [0, 0.05) is 71.3 Å². The average Bonchev–Trinajstić information content (AvgIpc) is 1.66. The van der Waals surface area contributed by atoms with Crippen molar-refractivity contribution in [2.45, 2.75) is 54.1 Å². The predicted molar refractivity (Wildman–Crippen MR) is 266 cm³/mol. The molecule has 0 amide bonds. The predicted octanol–water partition coefficient (Wildman–Crippen LogP) is 2.13. The van der Waals surface area contributed by atoms with Crippen LogP contribution in [0.15, 0.2) is 36.4 Å². The number of hydrogen-bond donors (Lipinski definition) is 0. The van der Waals surface area contributed by atoms with Gasteiger partial charge in [-0.05, 0) is 30.7 Å². The third-order valence-electron chi connectivity index (χ3n) is 11.1. The molecule has 0 saturated heterocycles. The zero-order chi connectivity index (χ0) is 60.1. The van der Waals surface area contributed by atoms with Gasteiger partial charge < -0.3 is 85.4 Å². The molecule has 2 heterocycles. The Morgan fingerprint density at radius 2 is 0.939 bits per heavy atom. The molecule has 0 radical (unpaired) electrons. The molecule has 0 bridgehead atoms. The van der Waals surface area contributed by atoms with Crippen LogP contribution in [-0.4, -0.2) is 171 Å². The molecular weight excluding hydrogens is 1100 g/mol. The van der Waals surface area contributed by atoms with Gasteiger partial charge >= 0.3 is 65.7 Å². The molecule has 30 nitrogen and oxygen atoms in total. The second-order valence-corrected chi connectivity index (χ2v) is 17.0. The largest absolute Gasteiger partial charge is 0.493 e. The first kappa shape index (κ1) is 63.4. The van der Waals surface area contributed by atoms with Crippen LogP contribution >= 0.6 is 0 Å². The van der Waals surface area contributed by atoms with E-state index in [0.29, 0.717) is 5.56 Å². The lowest BCUT2D eigenvalue weighted by atomic mass is 9.76. The minimum atomic E-state index is -1.98. The van der Waals surface area contributed by atoms with Gasteiger partial charge in [-0.15, -0.1) is 0 Å². The Bertz CT molecular complexity index is 2830. The fraction of sp³-hybridized carbons (Fsp3) is 0.442. The highest BCUT2D eigenvalue weighted by molar-refractivity contribution is 6.02. The van der Waals surface area contributed by atoms with E-state index in [0.717, 1.165) is 32.6 Å². The highest BCUT2D eigenvalue weighted by Crippen LogP contribution is 2.60. The van der Waals surface area contributed by atoms with E-state index in [9.17, 15) is 52.7 Å². The first-order valence-corrected chi connectivity index (χ1v) is 24.3. The van der Waals surface area contributed by atoms with Crippen molar-refractivity contribution in [2.24, 2.45) is 0 Å². The number of aryl methyl sites for hydroxylation is 1. The van der Waals surface area contributed by atoms with E-state index in [1.807, 2.05) is 0 Å². The molecule has 0 aromatic heterocycles. The van der Waals surface area contributed by atoms with Gasteiger partial charge in [0.25, 0.3) is 0 Å². The second kappa shape index (κ2) is 30.2. The molecule has 1 spiro atoms. The van der Waals surface area contributed by atoms with Crippen LogP contribution in [0.1, 0.15) is 74.2 Å². The lowest BCUT2D eigenvalue weighted by molar-refractivity contribution is -0.170. The third kappa shape index (κ3) is 18.0. The molecule has 0 fully saturated rings. The van der Waals surface area contributed by atoms with E-state index in [2.05, 4.69) is 9.47 Å².